The van der Waals surface area contributed by atoms with Gasteiger partial charge in [0, 0.05) is 86.9 Å². The number of anilines is 4. The predicted molar refractivity (Wildman–Crippen MR) is 292 cm³/mol. The summed E-state index contributed by atoms with van der Waals surface area (Å²) in [4.78, 5) is 105. The van der Waals surface area contributed by atoms with E-state index in [1.165, 1.54) is 25.3 Å². The van der Waals surface area contributed by atoms with Crippen LogP contribution in [0.15, 0.2) is 73.2 Å². The molecule has 3 aromatic heterocycles. The number of pyridine rings is 2. The maximum absolute atomic E-state index is 15.3. The Morgan fingerprint density at radius 2 is 1.47 bits per heavy atom. The van der Waals surface area contributed by atoms with Crippen LogP contribution in [0.5, 0.6) is 0 Å². The van der Waals surface area contributed by atoms with Gasteiger partial charge in [0.2, 0.25) is 29.5 Å². The number of aromatic nitrogens is 4. The number of nitrogens with one attached hydrogen (secondary N) is 3. The third-order valence-corrected chi connectivity index (χ3v) is 18.1. The number of benzene rings is 2. The topological polar surface area (TPSA) is 198 Å². The summed E-state index contributed by atoms with van der Waals surface area (Å²) in [7, 11) is 0. The molecule has 0 bridgehead atoms. The van der Waals surface area contributed by atoms with E-state index in [0.717, 1.165) is 59.5 Å². The van der Waals surface area contributed by atoms with Crippen molar-refractivity contribution in [3.8, 4) is 11.3 Å². The standard InChI is InChI=1S/C59H69FN12O6/c1-36(2)71-35-62-49-33-48(64-53(52(49)71)63-45-9-5-4-8-44(45)60)39-10-12-43-50(30-39)72(42-31-41(32-42)67-22-6-3-7-23-67)58(78)59(43)20-28-70(29-21-59)57(77)38-18-26-69(27-19-38)56(76)37-16-24-68(25-17-37)40-11-13-46(61-34-40)54(74)65-47-14-15-51(73)66-55(47)75/h4-5,8-13,30,33-38,41-42,47H,3,6-7,14-29,31-32H2,1-2H3,(H,63,64)(H,65,74)(H,66,73,75). The molecule has 1 aliphatic carbocycles. The molecule has 1 spiro atoms. The van der Waals surface area contributed by atoms with Crippen molar-refractivity contribution in [2.45, 2.75) is 127 Å². The number of rotatable bonds is 11. The molecule has 2 aromatic carbocycles. The second-order valence-corrected chi connectivity index (χ2v) is 23.0. The largest absolute Gasteiger partial charge is 0.370 e. The Balaban J connectivity index is 0.693. The lowest BCUT2D eigenvalue weighted by Crippen LogP contribution is -2.58. The molecule has 6 aliphatic heterocycles. The van der Waals surface area contributed by atoms with Crippen LogP contribution in [0, 0.1) is 17.7 Å². The van der Waals surface area contributed by atoms with Crippen molar-refractivity contribution in [3.63, 3.8) is 0 Å². The highest BCUT2D eigenvalue weighted by molar-refractivity contribution is 6.10. The van der Waals surface area contributed by atoms with E-state index in [-0.39, 0.29) is 71.9 Å². The van der Waals surface area contributed by atoms with Crippen LogP contribution < -0.4 is 25.8 Å². The summed E-state index contributed by atoms with van der Waals surface area (Å²) in [6.45, 7) is 9.71. The fourth-order valence-electron chi connectivity index (χ4n) is 13.5. The van der Waals surface area contributed by atoms with Crippen LogP contribution in [0.3, 0.4) is 0 Å². The zero-order valence-corrected chi connectivity index (χ0v) is 44.6. The fraction of sp³-hybridized carbons (Fsp3) is 0.508. The first-order valence-corrected chi connectivity index (χ1v) is 28.4. The molecule has 408 valence electrons. The van der Waals surface area contributed by atoms with E-state index in [2.05, 4.69) is 67.7 Å². The Labute approximate surface area is 453 Å². The number of para-hydroxylation sites is 1. The van der Waals surface area contributed by atoms with Crippen LogP contribution in [0.2, 0.25) is 0 Å². The normalized spacial score (nSPS) is 23.2. The summed E-state index contributed by atoms with van der Waals surface area (Å²) < 4.78 is 17.2. The molecule has 5 saturated heterocycles. The Morgan fingerprint density at radius 1 is 0.769 bits per heavy atom. The van der Waals surface area contributed by atoms with E-state index in [1.807, 2.05) is 26.5 Å². The number of carbonyl (C=O) groups excluding carboxylic acids is 6. The van der Waals surface area contributed by atoms with E-state index in [1.54, 1.807) is 36.8 Å². The van der Waals surface area contributed by atoms with Gasteiger partial charge in [-0.2, -0.15) is 0 Å². The van der Waals surface area contributed by atoms with Crippen LogP contribution in [0.25, 0.3) is 22.3 Å². The number of likely N-dealkylation sites (tertiary alicyclic amines) is 3. The first-order valence-electron chi connectivity index (χ1n) is 28.4. The van der Waals surface area contributed by atoms with Gasteiger partial charge < -0.3 is 39.7 Å². The highest BCUT2D eigenvalue weighted by Gasteiger charge is 2.56. The van der Waals surface area contributed by atoms with Crippen LogP contribution in [-0.2, 0) is 29.4 Å². The van der Waals surface area contributed by atoms with Gasteiger partial charge in [0.15, 0.2) is 5.82 Å². The molecule has 12 rings (SSSR count). The van der Waals surface area contributed by atoms with Gasteiger partial charge in [-0.1, -0.05) is 30.7 Å². The molecular formula is C59H69FN12O6. The number of carbonyl (C=O) groups is 6. The minimum Gasteiger partial charge on any atom is -0.370 e. The molecule has 9 heterocycles. The quantitative estimate of drug-likeness (QED) is 0.116. The average Bonchev–Trinajstić information content (AvgIpc) is 4.18. The molecule has 19 heteroatoms. The summed E-state index contributed by atoms with van der Waals surface area (Å²) in [5, 5.41) is 8.19. The minimum atomic E-state index is -0.782. The van der Waals surface area contributed by atoms with Gasteiger partial charge in [0.1, 0.15) is 23.1 Å². The molecule has 3 N–H and O–H groups in total. The molecule has 1 unspecified atom stereocenters. The Morgan fingerprint density at radius 3 is 2.15 bits per heavy atom. The molecule has 7 aliphatic rings. The summed E-state index contributed by atoms with van der Waals surface area (Å²) in [5.74, 6) is -1.16. The van der Waals surface area contributed by atoms with Crippen molar-refractivity contribution in [1.82, 2.24) is 44.9 Å². The number of hydrogen-bond donors (Lipinski definition) is 3. The zero-order chi connectivity index (χ0) is 53.8. The lowest BCUT2D eigenvalue weighted by molar-refractivity contribution is -0.144. The second kappa shape index (κ2) is 21.2. The minimum absolute atomic E-state index is 0.0697. The summed E-state index contributed by atoms with van der Waals surface area (Å²) in [5.41, 5.74) is 5.53. The number of hydrogen-bond acceptors (Lipinski definition) is 12. The first-order chi connectivity index (χ1) is 37.8. The second-order valence-electron chi connectivity index (χ2n) is 23.0. The smallest absolute Gasteiger partial charge is 0.270 e. The third-order valence-electron chi connectivity index (χ3n) is 18.1. The average molecular weight is 1060 g/mol. The van der Waals surface area contributed by atoms with Crippen molar-refractivity contribution >= 4 is 69.4 Å². The number of piperidine rings is 5. The van der Waals surface area contributed by atoms with Gasteiger partial charge in [-0.25, -0.2) is 19.3 Å². The monoisotopic (exact) mass is 1060 g/mol. The van der Waals surface area contributed by atoms with Crippen LogP contribution in [-0.4, -0.2) is 140 Å². The van der Waals surface area contributed by atoms with Crippen molar-refractivity contribution in [2.24, 2.45) is 11.8 Å². The number of imide groups is 1. The van der Waals surface area contributed by atoms with Crippen LogP contribution >= 0.6 is 0 Å². The number of halogens is 1. The number of fused-ring (bicyclic) bond motifs is 3. The molecule has 6 amide bonds. The molecule has 1 atom stereocenters. The van der Waals surface area contributed by atoms with Crippen LogP contribution in [0.4, 0.5) is 27.3 Å². The van der Waals surface area contributed by atoms with Crippen molar-refractivity contribution in [3.05, 3.63) is 90.3 Å². The van der Waals surface area contributed by atoms with Gasteiger partial charge in [-0.05, 0) is 140 Å². The lowest BCUT2D eigenvalue weighted by Gasteiger charge is -2.48. The van der Waals surface area contributed by atoms with Crippen molar-refractivity contribution < 1.29 is 33.2 Å². The fourth-order valence-corrected chi connectivity index (χ4v) is 13.5. The molecule has 6 fully saturated rings. The van der Waals surface area contributed by atoms with Gasteiger partial charge in [-0.3, -0.25) is 34.1 Å². The van der Waals surface area contributed by atoms with Gasteiger partial charge in [0.25, 0.3) is 5.91 Å². The SMILES string of the molecule is CC(C)n1cnc2cc(-c3ccc4c(c3)N(C3CC(N5CCCCC5)C3)C(=O)C43CCN(C(=O)C4CCN(C(=O)C5CCN(c6ccc(C(=O)NC7CCC(=O)NC7=O)nc6)CC5)CC4)CC3)nc(Nc3ccccc3F)c21. The number of nitrogens with zero attached hydrogens (tertiary/aromatic N) is 9. The van der Waals surface area contributed by atoms with E-state index in [4.69, 9.17) is 9.97 Å². The summed E-state index contributed by atoms with van der Waals surface area (Å²) >= 11 is 0. The molecule has 5 aromatic rings. The molecule has 18 nitrogen and oxygen atoms in total. The third kappa shape index (κ3) is 9.65. The maximum atomic E-state index is 15.3. The highest BCUT2D eigenvalue weighted by atomic mass is 19.1. The molecule has 78 heavy (non-hydrogen) atoms. The van der Waals surface area contributed by atoms with Crippen molar-refractivity contribution in [1.29, 1.82) is 0 Å². The van der Waals surface area contributed by atoms with E-state index in [9.17, 15) is 24.0 Å². The van der Waals surface area contributed by atoms with Gasteiger partial charge in [-0.15, -0.1) is 0 Å². The molecule has 1 saturated carbocycles. The van der Waals surface area contributed by atoms with E-state index < -0.39 is 23.3 Å². The number of imidazole rings is 1. The lowest BCUT2D eigenvalue weighted by atomic mass is 9.73. The highest BCUT2D eigenvalue weighted by Crippen LogP contribution is 2.52. The Bertz CT molecular complexity index is 3150. The number of amides is 6. The summed E-state index contributed by atoms with van der Waals surface area (Å²) in [6, 6.07) is 18.1. The van der Waals surface area contributed by atoms with Crippen LogP contribution in [0.1, 0.15) is 119 Å². The Kier molecular flexibility index (Phi) is 14.0. The Hall–Kier alpha value is -7.28. The summed E-state index contributed by atoms with van der Waals surface area (Å²) in [6.07, 6.45) is 13.0. The van der Waals surface area contributed by atoms with Crippen molar-refractivity contribution in [2.75, 3.05) is 67.5 Å². The predicted octanol–water partition coefficient (Wildman–Crippen LogP) is 6.87. The maximum Gasteiger partial charge on any atom is 0.270 e. The van der Waals surface area contributed by atoms with Gasteiger partial charge in [0.05, 0.1) is 40.5 Å². The molecule has 0 radical (unpaired) electrons. The van der Waals surface area contributed by atoms with E-state index >= 15 is 9.18 Å². The zero-order valence-electron chi connectivity index (χ0n) is 44.6. The van der Waals surface area contributed by atoms with Gasteiger partial charge >= 0.3 is 0 Å². The first kappa shape index (κ1) is 51.5. The van der Waals surface area contributed by atoms with E-state index in [0.29, 0.717) is 101 Å². The molecular weight excluding hydrogens is 992 g/mol.